The van der Waals surface area contributed by atoms with E-state index < -0.39 is 18.3 Å². The Morgan fingerprint density at radius 3 is 2.24 bits per heavy atom. The molecule has 2 atom stereocenters. The number of ether oxygens (including phenoxy) is 1. The number of nitrogens with one attached hydrogen (secondary N) is 2. The summed E-state index contributed by atoms with van der Waals surface area (Å²) in [5.74, 6) is -0.344. The third-order valence-corrected chi connectivity index (χ3v) is 9.06. The van der Waals surface area contributed by atoms with Gasteiger partial charge in [-0.2, -0.15) is 0 Å². The zero-order valence-electron chi connectivity index (χ0n) is 28.3. The number of carbonyl (C=O) groups excluding carboxylic acids is 4. The van der Waals surface area contributed by atoms with E-state index in [1.165, 1.54) is 6.08 Å². The Hall–Kier alpha value is -5.16. The van der Waals surface area contributed by atoms with Crippen molar-refractivity contribution < 1.29 is 23.9 Å². The summed E-state index contributed by atoms with van der Waals surface area (Å²) < 4.78 is 5.00. The van der Waals surface area contributed by atoms with E-state index >= 15 is 0 Å². The lowest BCUT2D eigenvalue weighted by Crippen LogP contribution is -2.76. The molecule has 0 aliphatic carbocycles. The lowest BCUT2D eigenvalue weighted by molar-refractivity contribution is -0.187. The summed E-state index contributed by atoms with van der Waals surface area (Å²) in [6.07, 6.45) is 1.59. The SMILES string of the molecule is C=CCOC(=O)NCCC[C@H]1C(=O)N(CCC(c2ccccc2)c2ccccc2)C[C@H]2N1C(=O)CN(C)N2C(=O)NCc1ccc(C)cc1. The van der Waals surface area contributed by atoms with Crippen molar-refractivity contribution in [3.8, 4) is 0 Å². The van der Waals surface area contributed by atoms with Crippen molar-refractivity contribution in [1.82, 2.24) is 30.5 Å². The third-order valence-electron chi connectivity index (χ3n) is 9.06. The molecule has 11 nitrogen and oxygen atoms in total. The van der Waals surface area contributed by atoms with Gasteiger partial charge in [0.25, 0.3) is 0 Å². The quantitative estimate of drug-likeness (QED) is 0.203. The maximum absolute atomic E-state index is 14.3. The topological polar surface area (TPSA) is 115 Å². The van der Waals surface area contributed by atoms with Gasteiger partial charge in [0.05, 0.1) is 13.1 Å². The van der Waals surface area contributed by atoms with Crippen molar-refractivity contribution in [2.75, 3.05) is 39.8 Å². The Kier molecular flexibility index (Phi) is 12.0. The second-order valence-electron chi connectivity index (χ2n) is 12.5. The first-order chi connectivity index (χ1) is 23.8. The molecule has 0 radical (unpaired) electrons. The number of urea groups is 1. The summed E-state index contributed by atoms with van der Waals surface area (Å²) in [5.41, 5.74) is 4.38. The molecule has 2 saturated heterocycles. The maximum Gasteiger partial charge on any atom is 0.407 e. The minimum Gasteiger partial charge on any atom is -0.445 e. The van der Waals surface area contributed by atoms with Crippen LogP contribution in [-0.4, -0.2) is 95.8 Å². The monoisotopic (exact) mass is 666 g/mol. The van der Waals surface area contributed by atoms with E-state index in [-0.39, 0.29) is 50.0 Å². The Bertz CT molecular complexity index is 1550. The van der Waals surface area contributed by atoms with Crippen molar-refractivity contribution in [3.63, 3.8) is 0 Å². The molecule has 3 aromatic rings. The van der Waals surface area contributed by atoms with Gasteiger partial charge in [0, 0.05) is 32.6 Å². The van der Waals surface area contributed by atoms with E-state index in [1.54, 1.807) is 26.9 Å². The van der Waals surface area contributed by atoms with Crippen LogP contribution in [-0.2, 0) is 20.9 Å². The fraction of sp³-hybridized carbons (Fsp3) is 0.368. The second-order valence-corrected chi connectivity index (χ2v) is 12.5. The predicted octanol–water partition coefficient (Wildman–Crippen LogP) is 4.65. The molecule has 2 aliphatic rings. The Morgan fingerprint density at radius 2 is 1.61 bits per heavy atom. The third kappa shape index (κ3) is 8.85. The van der Waals surface area contributed by atoms with Crippen molar-refractivity contribution in [3.05, 3.63) is 120 Å². The number of aryl methyl sites for hydroxylation is 1. The molecule has 5 rings (SSSR count). The molecule has 49 heavy (non-hydrogen) atoms. The second kappa shape index (κ2) is 16.8. The molecule has 0 unspecified atom stereocenters. The summed E-state index contributed by atoms with van der Waals surface area (Å²) in [5, 5.41) is 8.91. The van der Waals surface area contributed by atoms with E-state index in [0.29, 0.717) is 32.4 Å². The normalized spacial score (nSPS) is 17.9. The number of hydrazine groups is 1. The van der Waals surface area contributed by atoms with Crippen molar-refractivity contribution in [2.45, 2.75) is 50.9 Å². The minimum atomic E-state index is -0.801. The molecule has 0 spiro atoms. The van der Waals surface area contributed by atoms with Gasteiger partial charge in [-0.3, -0.25) is 9.59 Å². The lowest BCUT2D eigenvalue weighted by Gasteiger charge is -2.54. The van der Waals surface area contributed by atoms with Gasteiger partial charge in [0.2, 0.25) is 11.8 Å². The van der Waals surface area contributed by atoms with Crippen LogP contribution < -0.4 is 10.6 Å². The van der Waals surface area contributed by atoms with E-state index in [0.717, 1.165) is 22.3 Å². The fourth-order valence-corrected chi connectivity index (χ4v) is 6.60. The number of rotatable bonds is 13. The smallest absolute Gasteiger partial charge is 0.407 e. The van der Waals surface area contributed by atoms with Gasteiger partial charge in [0.15, 0.2) is 0 Å². The van der Waals surface area contributed by atoms with Gasteiger partial charge in [0.1, 0.15) is 18.8 Å². The van der Waals surface area contributed by atoms with Gasteiger partial charge in [-0.1, -0.05) is 103 Å². The van der Waals surface area contributed by atoms with Crippen LogP contribution >= 0.6 is 0 Å². The molecule has 5 amide bonds. The zero-order chi connectivity index (χ0) is 34.8. The minimum absolute atomic E-state index is 0.0435. The Labute approximate surface area is 288 Å². The average Bonchev–Trinajstić information content (AvgIpc) is 3.11. The molecule has 258 valence electrons. The Balaban J connectivity index is 1.37. The highest BCUT2D eigenvalue weighted by Gasteiger charge is 2.50. The molecular formula is C38H46N6O5. The fourth-order valence-electron chi connectivity index (χ4n) is 6.60. The van der Waals surface area contributed by atoms with E-state index in [1.807, 2.05) is 67.6 Å². The predicted molar refractivity (Wildman–Crippen MR) is 187 cm³/mol. The van der Waals surface area contributed by atoms with Crippen LogP contribution in [0.4, 0.5) is 9.59 Å². The Morgan fingerprint density at radius 1 is 0.959 bits per heavy atom. The summed E-state index contributed by atoms with van der Waals surface area (Å²) in [6, 6.07) is 27.2. The number of nitrogens with zero attached hydrogens (tertiary/aromatic N) is 4. The molecular weight excluding hydrogens is 620 g/mol. The molecule has 2 heterocycles. The highest BCUT2D eigenvalue weighted by atomic mass is 16.5. The number of likely N-dealkylation sites (N-methyl/N-ethyl adjacent to an activating group) is 1. The summed E-state index contributed by atoms with van der Waals surface area (Å²) >= 11 is 0. The van der Waals surface area contributed by atoms with Gasteiger partial charge in [-0.25, -0.2) is 19.6 Å². The molecule has 0 bridgehead atoms. The molecule has 2 fully saturated rings. The van der Waals surface area contributed by atoms with Gasteiger partial charge in [-0.05, 0) is 42.9 Å². The van der Waals surface area contributed by atoms with E-state index in [2.05, 4.69) is 41.5 Å². The van der Waals surface area contributed by atoms with Crippen molar-refractivity contribution >= 4 is 23.9 Å². The van der Waals surface area contributed by atoms with Gasteiger partial charge < -0.3 is 25.2 Å². The van der Waals surface area contributed by atoms with E-state index in [9.17, 15) is 19.2 Å². The number of fused-ring (bicyclic) bond motifs is 1. The number of hydrogen-bond donors (Lipinski definition) is 2. The number of piperazine rings is 1. The highest BCUT2D eigenvalue weighted by molar-refractivity contribution is 5.91. The molecule has 3 aromatic carbocycles. The largest absolute Gasteiger partial charge is 0.445 e. The molecule has 2 N–H and O–H groups in total. The molecule has 0 saturated carbocycles. The summed E-state index contributed by atoms with van der Waals surface area (Å²) in [6.45, 7) is 6.78. The van der Waals surface area contributed by atoms with Crippen molar-refractivity contribution in [1.29, 1.82) is 0 Å². The van der Waals surface area contributed by atoms with Crippen LogP contribution in [0.1, 0.15) is 47.4 Å². The standard InChI is InChI=1S/C38H46N6O5/c1-4-24-49-38(48)39-22-11-16-33-36(46)42(23-21-32(30-12-7-5-8-13-30)31-14-9-6-10-15-31)26-34-43(33)35(45)27-41(3)44(34)37(47)40-25-29-19-17-28(2)18-20-29/h4-10,12-15,17-20,32-34H,1,11,16,21-27H2,2-3H3,(H,39,48)(H,40,47)/t33-,34-/m0/s1. The van der Waals surface area contributed by atoms with E-state index in [4.69, 9.17) is 4.74 Å². The lowest BCUT2D eigenvalue weighted by atomic mass is 9.88. The molecule has 0 aromatic heterocycles. The highest BCUT2D eigenvalue weighted by Crippen LogP contribution is 2.31. The number of benzene rings is 3. The van der Waals surface area contributed by atoms with Crippen LogP contribution in [0, 0.1) is 6.92 Å². The zero-order valence-corrected chi connectivity index (χ0v) is 28.3. The van der Waals surface area contributed by atoms with Crippen LogP contribution in [0.15, 0.2) is 97.6 Å². The first kappa shape index (κ1) is 35.2. The van der Waals surface area contributed by atoms with Crippen LogP contribution in [0.3, 0.4) is 0 Å². The number of carbonyl (C=O) groups is 4. The first-order valence-corrected chi connectivity index (χ1v) is 16.8. The maximum atomic E-state index is 14.3. The molecule has 11 heteroatoms. The summed E-state index contributed by atoms with van der Waals surface area (Å²) in [7, 11) is 1.72. The van der Waals surface area contributed by atoms with Crippen LogP contribution in [0.2, 0.25) is 0 Å². The van der Waals surface area contributed by atoms with Crippen LogP contribution in [0.25, 0.3) is 0 Å². The summed E-state index contributed by atoms with van der Waals surface area (Å²) in [4.78, 5) is 57.1. The van der Waals surface area contributed by atoms with Crippen LogP contribution in [0.5, 0.6) is 0 Å². The number of amides is 5. The number of alkyl carbamates (subject to hydrolysis) is 1. The van der Waals surface area contributed by atoms with Crippen molar-refractivity contribution in [2.24, 2.45) is 0 Å². The number of hydrogen-bond acceptors (Lipinski definition) is 6. The average molecular weight is 667 g/mol. The van der Waals surface area contributed by atoms with Gasteiger partial charge in [-0.15, -0.1) is 0 Å². The molecule has 2 aliphatic heterocycles. The van der Waals surface area contributed by atoms with Gasteiger partial charge >= 0.3 is 12.1 Å². The first-order valence-electron chi connectivity index (χ1n) is 16.8.